The number of thiophene rings is 1. The number of rotatable bonds is 5. The Kier molecular flexibility index (Phi) is 3.79. The van der Waals surface area contributed by atoms with Crippen LogP contribution in [0.15, 0.2) is 15.9 Å². The van der Waals surface area contributed by atoms with Crippen LogP contribution in [-0.2, 0) is 18.8 Å². The fourth-order valence-corrected chi connectivity index (χ4v) is 2.40. The van der Waals surface area contributed by atoms with Gasteiger partial charge in [-0.05, 0) is 23.4 Å². The molecule has 0 saturated heterocycles. The number of nitrogens with zero attached hydrogens (tertiary/aromatic N) is 2. The van der Waals surface area contributed by atoms with E-state index in [0.29, 0.717) is 18.5 Å². The quantitative estimate of drug-likeness (QED) is 0.837. The van der Waals surface area contributed by atoms with Crippen LogP contribution in [-0.4, -0.2) is 10.2 Å². The standard InChI is InChI=1S/C10H12ClN3OS/c1-2-7-3-4-16-8(7)6-12-10-14-13-9(5-11)15-10/h3-4H,2,5-6H2,1H3,(H,12,14). The van der Waals surface area contributed by atoms with Crippen molar-refractivity contribution in [3.63, 3.8) is 0 Å². The number of hydrogen-bond acceptors (Lipinski definition) is 5. The highest BCUT2D eigenvalue weighted by molar-refractivity contribution is 7.10. The SMILES string of the molecule is CCc1ccsc1CNc1nnc(CCl)o1. The second-order valence-corrected chi connectivity index (χ2v) is 4.48. The maximum atomic E-state index is 5.57. The minimum Gasteiger partial charge on any atom is -0.407 e. The average Bonchev–Trinajstić information content (AvgIpc) is 2.94. The van der Waals surface area contributed by atoms with Gasteiger partial charge in [-0.1, -0.05) is 12.0 Å². The maximum Gasteiger partial charge on any atom is 0.315 e. The molecule has 0 saturated carbocycles. The molecule has 0 atom stereocenters. The van der Waals surface area contributed by atoms with Crippen LogP contribution in [0.2, 0.25) is 0 Å². The van der Waals surface area contributed by atoms with Crippen LogP contribution in [0.5, 0.6) is 0 Å². The summed E-state index contributed by atoms with van der Waals surface area (Å²) in [5.41, 5.74) is 1.36. The summed E-state index contributed by atoms with van der Waals surface area (Å²) in [6, 6.07) is 2.56. The Balaban J connectivity index is 1.96. The van der Waals surface area contributed by atoms with Gasteiger partial charge in [-0.15, -0.1) is 28.0 Å². The molecule has 0 spiro atoms. The lowest BCUT2D eigenvalue weighted by molar-refractivity contribution is 0.525. The van der Waals surface area contributed by atoms with Crippen molar-refractivity contribution in [2.45, 2.75) is 25.8 Å². The molecule has 0 aliphatic rings. The highest BCUT2D eigenvalue weighted by Crippen LogP contribution is 2.18. The molecule has 2 heterocycles. The zero-order valence-corrected chi connectivity index (χ0v) is 10.4. The molecule has 0 aliphatic heterocycles. The summed E-state index contributed by atoms with van der Waals surface area (Å²) in [5.74, 6) is 0.680. The van der Waals surface area contributed by atoms with E-state index in [2.05, 4.69) is 33.9 Å². The summed E-state index contributed by atoms with van der Waals surface area (Å²) in [4.78, 5) is 1.30. The number of nitrogens with one attached hydrogen (secondary N) is 1. The Morgan fingerprint density at radius 3 is 3.06 bits per heavy atom. The minimum absolute atomic E-state index is 0.244. The summed E-state index contributed by atoms with van der Waals surface area (Å²) < 4.78 is 5.24. The van der Waals surface area contributed by atoms with E-state index in [1.165, 1.54) is 10.4 Å². The van der Waals surface area contributed by atoms with Gasteiger partial charge in [0.25, 0.3) is 0 Å². The Bertz CT molecular complexity index is 454. The Hall–Kier alpha value is -1.07. The number of aromatic nitrogens is 2. The van der Waals surface area contributed by atoms with E-state index >= 15 is 0 Å². The van der Waals surface area contributed by atoms with E-state index in [0.717, 1.165) is 6.42 Å². The zero-order valence-electron chi connectivity index (χ0n) is 8.86. The molecule has 0 aliphatic carbocycles. The zero-order chi connectivity index (χ0) is 11.4. The van der Waals surface area contributed by atoms with Gasteiger partial charge in [0.2, 0.25) is 5.89 Å². The molecule has 0 amide bonds. The summed E-state index contributed by atoms with van der Waals surface area (Å²) >= 11 is 7.29. The molecule has 2 rings (SSSR count). The molecule has 16 heavy (non-hydrogen) atoms. The van der Waals surface area contributed by atoms with Crippen LogP contribution < -0.4 is 5.32 Å². The van der Waals surface area contributed by atoms with Crippen molar-refractivity contribution in [1.29, 1.82) is 0 Å². The van der Waals surface area contributed by atoms with Crippen LogP contribution in [0.3, 0.4) is 0 Å². The molecule has 0 radical (unpaired) electrons. The van der Waals surface area contributed by atoms with Crippen LogP contribution >= 0.6 is 22.9 Å². The summed E-state index contributed by atoms with van der Waals surface area (Å²) in [5, 5.41) is 12.8. The van der Waals surface area contributed by atoms with E-state index in [4.69, 9.17) is 16.0 Å². The highest BCUT2D eigenvalue weighted by Gasteiger charge is 2.06. The molecule has 0 fully saturated rings. The number of anilines is 1. The predicted octanol–water partition coefficient (Wildman–Crippen LogP) is 3.04. The lowest BCUT2D eigenvalue weighted by Gasteiger charge is -2.01. The smallest absolute Gasteiger partial charge is 0.315 e. The largest absolute Gasteiger partial charge is 0.407 e. The van der Waals surface area contributed by atoms with E-state index in [9.17, 15) is 0 Å². The van der Waals surface area contributed by atoms with Crippen molar-refractivity contribution in [3.8, 4) is 0 Å². The minimum atomic E-state index is 0.244. The van der Waals surface area contributed by atoms with Gasteiger partial charge in [-0.3, -0.25) is 0 Å². The molecule has 0 aromatic carbocycles. The first kappa shape index (κ1) is 11.4. The third-order valence-electron chi connectivity index (χ3n) is 2.20. The van der Waals surface area contributed by atoms with Crippen molar-refractivity contribution in [2.24, 2.45) is 0 Å². The van der Waals surface area contributed by atoms with E-state index < -0.39 is 0 Å². The van der Waals surface area contributed by atoms with Gasteiger partial charge in [0.05, 0.1) is 6.54 Å². The second kappa shape index (κ2) is 5.32. The van der Waals surface area contributed by atoms with Crippen molar-refractivity contribution < 1.29 is 4.42 Å². The number of alkyl halides is 1. The van der Waals surface area contributed by atoms with Gasteiger partial charge in [-0.25, -0.2) is 0 Å². The molecule has 2 aromatic heterocycles. The summed E-state index contributed by atoms with van der Waals surface area (Å²) in [6.07, 6.45) is 1.04. The first-order valence-electron chi connectivity index (χ1n) is 5.01. The third kappa shape index (κ3) is 2.54. The van der Waals surface area contributed by atoms with Gasteiger partial charge in [-0.2, -0.15) is 0 Å². The van der Waals surface area contributed by atoms with Crippen molar-refractivity contribution >= 4 is 29.0 Å². The van der Waals surface area contributed by atoms with Gasteiger partial charge in [0.15, 0.2) is 0 Å². The monoisotopic (exact) mass is 257 g/mol. The van der Waals surface area contributed by atoms with Crippen molar-refractivity contribution in [3.05, 3.63) is 27.8 Å². The lowest BCUT2D eigenvalue weighted by Crippen LogP contribution is -1.99. The first-order chi connectivity index (χ1) is 7.83. The topological polar surface area (TPSA) is 51.0 Å². The van der Waals surface area contributed by atoms with Gasteiger partial charge in [0.1, 0.15) is 5.88 Å². The Morgan fingerprint density at radius 1 is 1.50 bits per heavy atom. The number of aryl methyl sites for hydroxylation is 1. The molecule has 6 heteroatoms. The summed E-state index contributed by atoms with van der Waals surface area (Å²) in [6.45, 7) is 2.86. The van der Waals surface area contributed by atoms with Crippen LogP contribution in [0.25, 0.3) is 0 Å². The molecule has 0 unspecified atom stereocenters. The molecule has 0 bridgehead atoms. The highest BCUT2D eigenvalue weighted by atomic mass is 35.5. The maximum absolute atomic E-state index is 5.57. The van der Waals surface area contributed by atoms with Crippen molar-refractivity contribution in [2.75, 3.05) is 5.32 Å². The van der Waals surface area contributed by atoms with Crippen LogP contribution in [0, 0.1) is 0 Å². The molecule has 4 nitrogen and oxygen atoms in total. The van der Waals surface area contributed by atoms with Crippen LogP contribution in [0.4, 0.5) is 6.01 Å². The van der Waals surface area contributed by atoms with E-state index in [-0.39, 0.29) is 5.88 Å². The normalized spacial score (nSPS) is 10.6. The van der Waals surface area contributed by atoms with E-state index in [1.807, 2.05) is 0 Å². The number of halogens is 1. The van der Waals surface area contributed by atoms with Gasteiger partial charge < -0.3 is 9.73 Å². The molecule has 1 N–H and O–H groups in total. The average molecular weight is 258 g/mol. The fraction of sp³-hybridized carbons (Fsp3) is 0.400. The van der Waals surface area contributed by atoms with E-state index in [1.54, 1.807) is 11.3 Å². The molecule has 86 valence electrons. The van der Waals surface area contributed by atoms with Crippen LogP contribution in [0.1, 0.15) is 23.3 Å². The lowest BCUT2D eigenvalue weighted by atomic mass is 10.2. The Labute approximate surface area is 103 Å². The van der Waals surface area contributed by atoms with Gasteiger partial charge in [0, 0.05) is 4.88 Å². The number of hydrogen-bond donors (Lipinski definition) is 1. The molecular formula is C10H12ClN3OS. The van der Waals surface area contributed by atoms with Crippen molar-refractivity contribution in [1.82, 2.24) is 10.2 Å². The molecule has 2 aromatic rings. The third-order valence-corrected chi connectivity index (χ3v) is 3.39. The first-order valence-corrected chi connectivity index (χ1v) is 6.42. The Morgan fingerprint density at radius 2 is 2.38 bits per heavy atom. The second-order valence-electron chi connectivity index (χ2n) is 3.21. The molecular weight excluding hydrogens is 246 g/mol. The fourth-order valence-electron chi connectivity index (χ4n) is 1.37. The predicted molar refractivity (Wildman–Crippen MR) is 64.9 cm³/mol. The van der Waals surface area contributed by atoms with Gasteiger partial charge >= 0.3 is 6.01 Å². The summed E-state index contributed by atoms with van der Waals surface area (Å²) in [7, 11) is 0.